The molecule has 0 amide bonds. The zero-order valence-corrected chi connectivity index (χ0v) is 26.6. The van der Waals surface area contributed by atoms with Crippen molar-refractivity contribution in [3.63, 3.8) is 0 Å². The molecule has 0 bridgehead atoms. The zero-order chi connectivity index (χ0) is 28.8. The number of benzene rings is 5. The van der Waals surface area contributed by atoms with Gasteiger partial charge in [-0.1, -0.05) is 166 Å². The molecule has 0 radical (unpaired) electrons. The fourth-order valence-corrected chi connectivity index (χ4v) is 9.02. The molecule has 0 heterocycles. The molecule has 0 spiro atoms. The van der Waals surface area contributed by atoms with Crippen LogP contribution >= 0.6 is 19.7 Å². The Balaban J connectivity index is 1.24. The number of aryl methyl sites for hydroxylation is 1. The first-order chi connectivity index (χ1) is 20.8. The van der Waals surface area contributed by atoms with Crippen LogP contribution in [0, 0.1) is 5.92 Å². The Labute approximate surface area is 259 Å². The average molecular weight is 587 g/mol. The summed E-state index contributed by atoms with van der Waals surface area (Å²) < 4.78 is 0. The second-order valence-electron chi connectivity index (χ2n) is 11.2. The molecule has 0 fully saturated rings. The van der Waals surface area contributed by atoms with E-state index in [9.17, 15) is 0 Å². The summed E-state index contributed by atoms with van der Waals surface area (Å²) in [6.07, 6.45) is 10.3. The molecule has 1 unspecified atom stereocenters. The van der Waals surface area contributed by atoms with Crippen LogP contribution in [0.5, 0.6) is 0 Å². The minimum absolute atomic E-state index is 0.572. The van der Waals surface area contributed by atoms with Crippen molar-refractivity contribution in [1.29, 1.82) is 0 Å². The molecule has 214 valence electrons. The van der Waals surface area contributed by atoms with Crippen molar-refractivity contribution in [2.75, 3.05) is 0 Å². The summed E-state index contributed by atoms with van der Waals surface area (Å²) in [5.74, 6) is 0.774. The highest BCUT2D eigenvalue weighted by Crippen LogP contribution is 2.35. The number of unbranched alkanes of at least 4 members (excludes halogenated alkanes) is 2. The van der Waals surface area contributed by atoms with Gasteiger partial charge < -0.3 is 0 Å². The smallest absolute Gasteiger partial charge is 0.0154 e. The summed E-state index contributed by atoms with van der Waals surface area (Å²) in [5.41, 5.74) is 2.97. The van der Waals surface area contributed by atoms with Crippen LogP contribution in [-0.2, 0) is 12.8 Å². The second kappa shape index (κ2) is 16.5. The standard InChI is InChI=1S/C40H43PS/c1-2-3-7-17-34(32-33-18-8-4-9-19-33)20-16-22-35-21-14-15-27-40(35)42-39-30-28-38(29-31-39)41(36-23-10-5-11-24-36)37-25-12-6-13-26-37/h4-6,8-15,18-19,21,23-31,34H,2-3,7,16-17,20,22,32H2,1H3. The van der Waals surface area contributed by atoms with E-state index < -0.39 is 7.92 Å². The lowest BCUT2D eigenvalue weighted by Crippen LogP contribution is -2.20. The van der Waals surface area contributed by atoms with Gasteiger partial charge in [0, 0.05) is 9.79 Å². The Hall–Kier alpha value is -3.12. The van der Waals surface area contributed by atoms with Gasteiger partial charge in [0.25, 0.3) is 0 Å². The normalized spacial score (nSPS) is 12.0. The van der Waals surface area contributed by atoms with Gasteiger partial charge in [-0.05, 0) is 84.8 Å². The van der Waals surface area contributed by atoms with Gasteiger partial charge in [0.2, 0.25) is 0 Å². The van der Waals surface area contributed by atoms with Crippen LogP contribution in [0.15, 0.2) is 149 Å². The van der Waals surface area contributed by atoms with E-state index in [1.165, 1.54) is 81.8 Å². The third-order valence-corrected chi connectivity index (χ3v) is 11.5. The van der Waals surface area contributed by atoms with E-state index in [0.717, 1.165) is 12.3 Å². The number of rotatable bonds is 15. The molecule has 0 nitrogen and oxygen atoms in total. The minimum Gasteiger partial charge on any atom is -0.0898 e. The van der Waals surface area contributed by atoms with Gasteiger partial charge in [0.1, 0.15) is 0 Å². The first-order valence-electron chi connectivity index (χ1n) is 15.6. The third-order valence-electron chi connectivity index (χ3n) is 7.97. The lowest BCUT2D eigenvalue weighted by molar-refractivity contribution is 0.414. The van der Waals surface area contributed by atoms with Gasteiger partial charge in [-0.3, -0.25) is 0 Å². The van der Waals surface area contributed by atoms with Crippen LogP contribution in [0.3, 0.4) is 0 Å². The topological polar surface area (TPSA) is 0 Å². The largest absolute Gasteiger partial charge is 0.0898 e. The average Bonchev–Trinajstić information content (AvgIpc) is 3.04. The van der Waals surface area contributed by atoms with Crippen molar-refractivity contribution in [3.8, 4) is 0 Å². The monoisotopic (exact) mass is 586 g/mol. The highest BCUT2D eigenvalue weighted by Gasteiger charge is 2.16. The van der Waals surface area contributed by atoms with Crippen molar-refractivity contribution < 1.29 is 0 Å². The van der Waals surface area contributed by atoms with Crippen molar-refractivity contribution in [1.82, 2.24) is 0 Å². The summed E-state index contributed by atoms with van der Waals surface area (Å²) in [5, 5.41) is 4.18. The van der Waals surface area contributed by atoms with Crippen molar-refractivity contribution in [2.45, 2.75) is 68.1 Å². The van der Waals surface area contributed by atoms with Gasteiger partial charge >= 0.3 is 0 Å². The quantitative estimate of drug-likeness (QED) is 0.0869. The molecule has 1 atom stereocenters. The lowest BCUT2D eigenvalue weighted by atomic mass is 9.89. The van der Waals surface area contributed by atoms with Crippen LogP contribution < -0.4 is 15.9 Å². The summed E-state index contributed by atoms with van der Waals surface area (Å²) in [4.78, 5) is 2.70. The zero-order valence-electron chi connectivity index (χ0n) is 24.9. The molecule has 2 heteroatoms. The molecule has 0 aromatic heterocycles. The highest BCUT2D eigenvalue weighted by atomic mass is 32.2. The van der Waals surface area contributed by atoms with Gasteiger partial charge in [-0.2, -0.15) is 0 Å². The molecule has 5 aromatic rings. The van der Waals surface area contributed by atoms with Crippen LogP contribution in [0.4, 0.5) is 0 Å². The Bertz CT molecular complexity index is 1410. The highest BCUT2D eigenvalue weighted by molar-refractivity contribution is 7.99. The molecule has 0 aliphatic rings. The van der Waals surface area contributed by atoms with Crippen LogP contribution in [0.2, 0.25) is 0 Å². The first-order valence-corrected chi connectivity index (χ1v) is 17.8. The van der Waals surface area contributed by atoms with E-state index >= 15 is 0 Å². The minimum atomic E-state index is -0.572. The fourth-order valence-electron chi connectivity index (χ4n) is 5.76. The summed E-state index contributed by atoms with van der Waals surface area (Å²) in [7, 11) is -0.572. The maximum atomic E-state index is 2.35. The fraction of sp³-hybridized carbons (Fsp3) is 0.250. The molecule has 5 rings (SSSR count). The maximum absolute atomic E-state index is 2.35. The molecule has 0 saturated heterocycles. The Morgan fingerprint density at radius 3 is 1.74 bits per heavy atom. The van der Waals surface area contributed by atoms with E-state index in [4.69, 9.17) is 0 Å². The SMILES string of the molecule is CCCCCC(CCCc1ccccc1Sc1ccc(P(c2ccccc2)c2ccccc2)cc1)Cc1ccccc1. The van der Waals surface area contributed by atoms with Gasteiger partial charge in [0.15, 0.2) is 0 Å². The Kier molecular flexibility index (Phi) is 11.9. The van der Waals surface area contributed by atoms with Gasteiger partial charge in [-0.15, -0.1) is 0 Å². The number of hydrogen-bond acceptors (Lipinski definition) is 1. The predicted octanol–water partition coefficient (Wildman–Crippen LogP) is 10.4. The number of hydrogen-bond donors (Lipinski definition) is 0. The molecule has 0 saturated carbocycles. The molecule has 42 heavy (non-hydrogen) atoms. The second-order valence-corrected chi connectivity index (χ2v) is 14.5. The van der Waals surface area contributed by atoms with Gasteiger partial charge in [0.05, 0.1) is 0 Å². The Morgan fingerprint density at radius 2 is 1.10 bits per heavy atom. The lowest BCUT2D eigenvalue weighted by Gasteiger charge is -2.19. The van der Waals surface area contributed by atoms with Crippen LogP contribution in [0.1, 0.15) is 56.6 Å². The first kappa shape index (κ1) is 30.3. The van der Waals surface area contributed by atoms with Crippen molar-refractivity contribution >= 4 is 35.6 Å². The maximum Gasteiger partial charge on any atom is 0.0154 e. The molecule has 0 aliphatic heterocycles. The molecule has 0 aliphatic carbocycles. The molecular weight excluding hydrogens is 543 g/mol. The van der Waals surface area contributed by atoms with E-state index in [0.29, 0.717) is 0 Å². The molecular formula is C40H43PS. The van der Waals surface area contributed by atoms with E-state index in [1.54, 1.807) is 0 Å². The van der Waals surface area contributed by atoms with E-state index in [1.807, 2.05) is 11.8 Å². The van der Waals surface area contributed by atoms with Crippen LogP contribution in [0.25, 0.3) is 0 Å². The van der Waals surface area contributed by atoms with E-state index in [2.05, 4.69) is 146 Å². The molecule has 5 aromatic carbocycles. The van der Waals surface area contributed by atoms with Crippen LogP contribution in [-0.4, -0.2) is 0 Å². The molecule has 0 N–H and O–H groups in total. The summed E-state index contributed by atoms with van der Waals surface area (Å²) >= 11 is 1.91. The predicted molar refractivity (Wildman–Crippen MR) is 186 cm³/mol. The third kappa shape index (κ3) is 8.94. The summed E-state index contributed by atoms with van der Waals surface area (Å²) in [6.45, 7) is 2.31. The van der Waals surface area contributed by atoms with E-state index in [-0.39, 0.29) is 0 Å². The van der Waals surface area contributed by atoms with Crippen molar-refractivity contribution in [2.24, 2.45) is 5.92 Å². The van der Waals surface area contributed by atoms with Crippen molar-refractivity contribution in [3.05, 3.63) is 151 Å². The summed E-state index contributed by atoms with van der Waals surface area (Å²) in [6, 6.07) is 51.4. The van der Waals surface area contributed by atoms with Gasteiger partial charge in [-0.25, -0.2) is 0 Å². The Morgan fingerprint density at radius 1 is 0.548 bits per heavy atom.